The van der Waals surface area contributed by atoms with Crippen molar-refractivity contribution < 1.29 is 44.3 Å². The van der Waals surface area contributed by atoms with E-state index in [4.69, 9.17) is 9.40 Å². The van der Waals surface area contributed by atoms with Crippen LogP contribution in [0.25, 0.3) is 39.4 Å². The van der Waals surface area contributed by atoms with Gasteiger partial charge in [-0.2, -0.15) is 13.2 Å². The third-order valence-electron chi connectivity index (χ3n) is 7.51. The third-order valence-corrected chi connectivity index (χ3v) is 8.62. The van der Waals surface area contributed by atoms with Crippen LogP contribution >= 0.6 is 0 Å². The maximum Gasteiger partial charge on any atom is 0.586 e. The molecule has 1 fully saturated rings. The highest BCUT2D eigenvalue weighted by Gasteiger charge is 2.44. The molecule has 14 heteroatoms. The van der Waals surface area contributed by atoms with Crippen molar-refractivity contribution in [2.24, 2.45) is 0 Å². The van der Waals surface area contributed by atoms with Gasteiger partial charge in [0.05, 0.1) is 10.6 Å². The van der Waals surface area contributed by atoms with Crippen molar-refractivity contribution >= 4 is 9.84 Å². The average molecular weight is 644 g/mol. The number of nitrogens with zero attached hydrogens (tertiary/aromatic N) is 3. The zero-order valence-electron chi connectivity index (χ0n) is 23.5. The highest BCUT2D eigenvalue weighted by Crippen LogP contribution is 2.48. The number of sulfone groups is 1. The summed E-state index contributed by atoms with van der Waals surface area (Å²) < 4.78 is 110. The molecule has 1 aliphatic heterocycles. The van der Waals surface area contributed by atoms with Crippen molar-refractivity contribution in [2.75, 3.05) is 6.26 Å². The van der Waals surface area contributed by atoms with Crippen LogP contribution in [0.1, 0.15) is 36.2 Å². The second-order valence-electron chi connectivity index (χ2n) is 10.9. The Kier molecular flexibility index (Phi) is 6.38. The first-order valence-corrected chi connectivity index (χ1v) is 15.5. The quantitative estimate of drug-likeness (QED) is 0.174. The Bertz CT molecular complexity index is 2100. The van der Waals surface area contributed by atoms with Gasteiger partial charge >= 0.3 is 12.5 Å². The number of aryl methyl sites for hydroxylation is 1. The first-order valence-electron chi connectivity index (χ1n) is 13.7. The molecule has 0 saturated heterocycles. The van der Waals surface area contributed by atoms with Gasteiger partial charge in [-0.25, -0.2) is 18.4 Å². The summed E-state index contributed by atoms with van der Waals surface area (Å²) in [6.45, 7) is 1.43. The van der Waals surface area contributed by atoms with E-state index in [1.54, 1.807) is 30.3 Å². The Balaban J connectivity index is 1.46. The van der Waals surface area contributed by atoms with E-state index in [-0.39, 0.29) is 45.3 Å². The number of benzene rings is 3. The fourth-order valence-corrected chi connectivity index (χ4v) is 5.85. The van der Waals surface area contributed by atoms with E-state index in [2.05, 4.69) is 14.5 Å². The van der Waals surface area contributed by atoms with E-state index in [1.165, 1.54) is 41.8 Å². The molecule has 1 aliphatic carbocycles. The first-order chi connectivity index (χ1) is 21.2. The van der Waals surface area contributed by atoms with Gasteiger partial charge in [0, 0.05) is 29.5 Å². The molecular formula is C31H22F5N3O5S. The Morgan fingerprint density at radius 2 is 1.62 bits per heavy atom. The molecule has 7 rings (SSSR count). The molecule has 3 aromatic carbocycles. The molecule has 0 N–H and O–H groups in total. The van der Waals surface area contributed by atoms with Crippen LogP contribution in [0.3, 0.4) is 0 Å². The molecule has 0 bridgehead atoms. The number of rotatable bonds is 6. The number of hydrogen-bond acceptors (Lipinski definition) is 7. The molecule has 1 saturated carbocycles. The van der Waals surface area contributed by atoms with Gasteiger partial charge in [-0.1, -0.05) is 18.2 Å². The number of aromatic nitrogens is 3. The van der Waals surface area contributed by atoms with Crippen molar-refractivity contribution in [3.63, 3.8) is 0 Å². The molecule has 8 nitrogen and oxygen atoms in total. The minimum Gasteiger partial charge on any atom is -0.440 e. The standard InChI is InChI=1S/C31H22F5N3O5S/c1-16-37-26(30(32,33)34)15-39(16)23-10-8-19(18-4-3-5-21(12-18)45(2,40)41)13-22(23)27-28(42-29(38-27)17-6-7-17)20-9-11-24-25(14-20)44-31(35,36)43-24/h3-5,8-15,17H,6-7H2,1-2H3. The molecule has 3 heterocycles. The topological polar surface area (TPSA) is 96.5 Å². The van der Waals surface area contributed by atoms with Crippen LogP contribution in [0.5, 0.6) is 11.5 Å². The van der Waals surface area contributed by atoms with Crippen LogP contribution in [0.4, 0.5) is 22.0 Å². The lowest BCUT2D eigenvalue weighted by atomic mass is 9.98. The number of hydrogen-bond donors (Lipinski definition) is 0. The van der Waals surface area contributed by atoms with E-state index in [0.717, 1.165) is 25.3 Å². The predicted octanol–water partition coefficient (Wildman–Crippen LogP) is 7.79. The fourth-order valence-electron chi connectivity index (χ4n) is 5.18. The molecule has 0 atom stereocenters. The van der Waals surface area contributed by atoms with E-state index in [1.807, 2.05) is 0 Å². The summed E-state index contributed by atoms with van der Waals surface area (Å²) in [5.74, 6) is 0.232. The number of oxazole rings is 1. The lowest BCUT2D eigenvalue weighted by Crippen LogP contribution is -2.25. The predicted molar refractivity (Wildman–Crippen MR) is 151 cm³/mol. The van der Waals surface area contributed by atoms with E-state index >= 15 is 0 Å². The number of alkyl halides is 5. The van der Waals surface area contributed by atoms with Crippen molar-refractivity contribution in [3.05, 3.63) is 84.3 Å². The van der Waals surface area contributed by atoms with E-state index in [0.29, 0.717) is 28.1 Å². The number of ether oxygens (including phenoxy) is 2. The SMILES string of the molecule is Cc1nc(C(F)(F)F)cn1-c1ccc(-c2cccc(S(C)(=O)=O)c2)cc1-c1nc(C2CC2)oc1-c1ccc2c(c1)OC(F)(F)O2. The molecular weight excluding hydrogens is 621 g/mol. The van der Waals surface area contributed by atoms with Gasteiger partial charge in [0.15, 0.2) is 38.7 Å². The molecule has 5 aromatic rings. The normalized spacial score (nSPS) is 15.9. The van der Waals surface area contributed by atoms with Gasteiger partial charge in [-0.3, -0.25) is 0 Å². The van der Waals surface area contributed by atoms with Crippen molar-refractivity contribution in [2.45, 2.75) is 43.0 Å². The number of imidazole rings is 1. The second kappa shape index (κ2) is 9.89. The number of halogens is 5. The van der Waals surface area contributed by atoms with Crippen LogP contribution < -0.4 is 9.47 Å². The molecule has 0 unspecified atom stereocenters. The summed E-state index contributed by atoms with van der Waals surface area (Å²) in [6.07, 6.45) is -4.96. The molecule has 232 valence electrons. The molecule has 45 heavy (non-hydrogen) atoms. The monoisotopic (exact) mass is 643 g/mol. The zero-order valence-corrected chi connectivity index (χ0v) is 24.3. The van der Waals surface area contributed by atoms with Gasteiger partial charge < -0.3 is 18.5 Å². The first kappa shape index (κ1) is 29.0. The van der Waals surface area contributed by atoms with Gasteiger partial charge in [0.2, 0.25) is 0 Å². The smallest absolute Gasteiger partial charge is 0.440 e. The molecule has 0 spiro atoms. The summed E-state index contributed by atoms with van der Waals surface area (Å²) in [5.41, 5.74) is 1.15. The van der Waals surface area contributed by atoms with Crippen LogP contribution in [0, 0.1) is 6.92 Å². The number of fused-ring (bicyclic) bond motifs is 1. The average Bonchev–Trinajstić information content (AvgIpc) is 3.46. The highest BCUT2D eigenvalue weighted by atomic mass is 32.2. The molecule has 0 amide bonds. The van der Waals surface area contributed by atoms with Crippen LogP contribution in [0.2, 0.25) is 0 Å². The highest BCUT2D eigenvalue weighted by molar-refractivity contribution is 7.90. The van der Waals surface area contributed by atoms with Crippen LogP contribution in [-0.4, -0.2) is 35.5 Å². The zero-order chi connectivity index (χ0) is 31.9. The third kappa shape index (κ3) is 5.43. The summed E-state index contributed by atoms with van der Waals surface area (Å²) in [5, 5.41) is 0. The summed E-state index contributed by atoms with van der Waals surface area (Å²) in [6, 6.07) is 15.3. The molecule has 2 aromatic heterocycles. The minimum absolute atomic E-state index is 0.0146. The Morgan fingerprint density at radius 1 is 0.911 bits per heavy atom. The summed E-state index contributed by atoms with van der Waals surface area (Å²) >= 11 is 0. The largest absolute Gasteiger partial charge is 0.586 e. The Hall–Kier alpha value is -4.72. The van der Waals surface area contributed by atoms with E-state index in [9.17, 15) is 30.4 Å². The molecule has 2 aliphatic rings. The van der Waals surface area contributed by atoms with Crippen LogP contribution in [-0.2, 0) is 16.0 Å². The van der Waals surface area contributed by atoms with E-state index < -0.39 is 28.0 Å². The maximum atomic E-state index is 13.8. The summed E-state index contributed by atoms with van der Waals surface area (Å²) in [7, 11) is -3.54. The lowest BCUT2D eigenvalue weighted by molar-refractivity contribution is -0.286. The van der Waals surface area contributed by atoms with Crippen molar-refractivity contribution in [1.29, 1.82) is 0 Å². The Labute approximate surface area is 253 Å². The molecule has 0 radical (unpaired) electrons. The fraction of sp³-hybridized carbons (Fsp3) is 0.226. The lowest BCUT2D eigenvalue weighted by Gasteiger charge is -2.14. The van der Waals surface area contributed by atoms with Crippen LogP contribution in [0.15, 0.2) is 76.2 Å². The summed E-state index contributed by atoms with van der Waals surface area (Å²) in [4.78, 5) is 8.56. The minimum atomic E-state index is -4.70. The van der Waals surface area contributed by atoms with Gasteiger partial charge in [0.1, 0.15) is 11.5 Å². The van der Waals surface area contributed by atoms with Crippen molar-refractivity contribution in [3.8, 4) is 50.9 Å². The second-order valence-corrected chi connectivity index (χ2v) is 12.9. The van der Waals surface area contributed by atoms with Gasteiger partial charge in [-0.15, -0.1) is 8.78 Å². The van der Waals surface area contributed by atoms with Crippen molar-refractivity contribution in [1.82, 2.24) is 14.5 Å². The Morgan fingerprint density at radius 3 is 2.31 bits per heavy atom. The van der Waals surface area contributed by atoms with Gasteiger partial charge in [-0.05, 0) is 73.4 Å². The van der Waals surface area contributed by atoms with Gasteiger partial charge in [0.25, 0.3) is 0 Å². The maximum absolute atomic E-state index is 13.8.